The van der Waals surface area contributed by atoms with Crippen molar-refractivity contribution in [3.05, 3.63) is 23.1 Å². The van der Waals surface area contributed by atoms with Gasteiger partial charge >= 0.3 is 0 Å². The van der Waals surface area contributed by atoms with Crippen molar-refractivity contribution in [3.8, 4) is 0 Å². The molecule has 1 heterocycles. The minimum atomic E-state index is -0.380. The average Bonchev–Trinajstić information content (AvgIpc) is 2.17. The van der Waals surface area contributed by atoms with Crippen LogP contribution < -0.4 is 10.2 Å². The predicted molar refractivity (Wildman–Crippen MR) is 61.0 cm³/mol. The first kappa shape index (κ1) is 12.2. The highest BCUT2D eigenvalue weighted by Crippen LogP contribution is 2.18. The number of anilines is 1. The molecular formula is C10H15ClFN3. The number of hydrogen-bond donors (Lipinski definition) is 1. The lowest BCUT2D eigenvalue weighted by Crippen LogP contribution is -2.23. The van der Waals surface area contributed by atoms with Crippen LogP contribution in [0.25, 0.3) is 0 Å². The fourth-order valence-corrected chi connectivity index (χ4v) is 1.43. The van der Waals surface area contributed by atoms with Crippen LogP contribution in [0.5, 0.6) is 0 Å². The first-order chi connectivity index (χ1) is 7.15. The van der Waals surface area contributed by atoms with E-state index in [1.54, 1.807) is 4.90 Å². The maximum atomic E-state index is 13.4. The molecular weight excluding hydrogens is 217 g/mol. The van der Waals surface area contributed by atoms with Crippen LogP contribution in [-0.4, -0.2) is 32.2 Å². The summed E-state index contributed by atoms with van der Waals surface area (Å²) in [7, 11) is 3.70. The Kier molecular flexibility index (Phi) is 4.78. The predicted octanol–water partition coefficient (Wildman–Crippen LogP) is 1.92. The van der Waals surface area contributed by atoms with Gasteiger partial charge in [0.05, 0.1) is 5.02 Å². The highest BCUT2D eigenvalue weighted by atomic mass is 35.5. The van der Waals surface area contributed by atoms with E-state index in [4.69, 9.17) is 11.6 Å². The topological polar surface area (TPSA) is 28.2 Å². The van der Waals surface area contributed by atoms with Gasteiger partial charge in [-0.2, -0.15) is 0 Å². The van der Waals surface area contributed by atoms with Gasteiger partial charge in [-0.1, -0.05) is 11.6 Å². The summed E-state index contributed by atoms with van der Waals surface area (Å²) in [5, 5.41) is 3.36. The quantitative estimate of drug-likeness (QED) is 0.785. The zero-order valence-corrected chi connectivity index (χ0v) is 9.68. The van der Waals surface area contributed by atoms with Crippen LogP contribution in [0.4, 0.5) is 10.2 Å². The second-order valence-corrected chi connectivity index (χ2v) is 3.77. The lowest BCUT2D eigenvalue weighted by molar-refractivity contribution is 0.610. The molecule has 84 valence electrons. The Bertz CT molecular complexity index is 320. The SMILES string of the molecule is CNCCCN(C)c1ncc(Cl)cc1F. The third kappa shape index (κ3) is 3.64. The average molecular weight is 232 g/mol. The number of aromatic nitrogens is 1. The molecule has 1 rings (SSSR count). The minimum Gasteiger partial charge on any atom is -0.357 e. The molecule has 0 radical (unpaired) electrons. The molecule has 0 amide bonds. The molecule has 0 atom stereocenters. The third-order valence-corrected chi connectivity index (χ3v) is 2.28. The molecule has 0 unspecified atom stereocenters. The van der Waals surface area contributed by atoms with E-state index in [2.05, 4.69) is 10.3 Å². The number of nitrogens with one attached hydrogen (secondary N) is 1. The third-order valence-electron chi connectivity index (χ3n) is 2.07. The minimum absolute atomic E-state index is 0.319. The second-order valence-electron chi connectivity index (χ2n) is 3.34. The molecule has 1 aromatic heterocycles. The van der Waals surface area contributed by atoms with Gasteiger partial charge in [0, 0.05) is 19.8 Å². The summed E-state index contributed by atoms with van der Waals surface area (Å²) in [6.45, 7) is 1.66. The smallest absolute Gasteiger partial charge is 0.167 e. The molecule has 0 aliphatic heterocycles. The lowest BCUT2D eigenvalue weighted by Gasteiger charge is -2.18. The van der Waals surface area contributed by atoms with Crippen molar-refractivity contribution in [2.75, 3.05) is 32.1 Å². The fourth-order valence-electron chi connectivity index (χ4n) is 1.29. The molecule has 0 saturated heterocycles. The molecule has 0 aromatic carbocycles. The normalized spacial score (nSPS) is 10.4. The lowest BCUT2D eigenvalue weighted by atomic mass is 10.3. The summed E-state index contributed by atoms with van der Waals surface area (Å²) in [6, 6.07) is 1.28. The van der Waals surface area contributed by atoms with Crippen molar-refractivity contribution >= 4 is 17.4 Å². The van der Waals surface area contributed by atoms with E-state index in [1.807, 2.05) is 14.1 Å². The molecule has 5 heteroatoms. The van der Waals surface area contributed by atoms with Crippen molar-refractivity contribution in [1.82, 2.24) is 10.3 Å². The van der Waals surface area contributed by atoms with Gasteiger partial charge in [0.2, 0.25) is 0 Å². The van der Waals surface area contributed by atoms with Crippen molar-refractivity contribution in [3.63, 3.8) is 0 Å². The number of nitrogens with zero attached hydrogens (tertiary/aromatic N) is 2. The Labute approximate surface area is 94.3 Å². The van der Waals surface area contributed by atoms with Gasteiger partial charge in [-0.25, -0.2) is 9.37 Å². The molecule has 0 saturated carbocycles. The van der Waals surface area contributed by atoms with Gasteiger partial charge in [0.25, 0.3) is 0 Å². The highest BCUT2D eigenvalue weighted by molar-refractivity contribution is 6.30. The Morgan fingerprint density at radius 2 is 2.33 bits per heavy atom. The van der Waals surface area contributed by atoms with E-state index in [1.165, 1.54) is 12.3 Å². The summed E-state index contributed by atoms with van der Waals surface area (Å²) < 4.78 is 13.4. The largest absolute Gasteiger partial charge is 0.357 e. The number of halogens is 2. The van der Waals surface area contributed by atoms with E-state index in [9.17, 15) is 4.39 Å². The van der Waals surface area contributed by atoms with Gasteiger partial charge in [-0.15, -0.1) is 0 Å². The van der Waals surface area contributed by atoms with Crippen LogP contribution in [0.1, 0.15) is 6.42 Å². The van der Waals surface area contributed by atoms with Crippen molar-refractivity contribution in [2.24, 2.45) is 0 Å². The van der Waals surface area contributed by atoms with Crippen LogP contribution >= 0.6 is 11.6 Å². The monoisotopic (exact) mass is 231 g/mol. The first-order valence-corrected chi connectivity index (χ1v) is 5.19. The van der Waals surface area contributed by atoms with E-state index in [-0.39, 0.29) is 5.82 Å². The van der Waals surface area contributed by atoms with Gasteiger partial charge in [0.1, 0.15) is 0 Å². The van der Waals surface area contributed by atoms with Crippen LogP contribution in [0.15, 0.2) is 12.3 Å². The fraction of sp³-hybridized carbons (Fsp3) is 0.500. The van der Waals surface area contributed by atoms with E-state index >= 15 is 0 Å². The molecule has 1 aromatic rings. The first-order valence-electron chi connectivity index (χ1n) is 4.82. The van der Waals surface area contributed by atoms with Crippen LogP contribution in [0, 0.1) is 5.82 Å². The number of hydrogen-bond acceptors (Lipinski definition) is 3. The van der Waals surface area contributed by atoms with Gasteiger partial charge in [0.15, 0.2) is 11.6 Å². The number of rotatable bonds is 5. The Balaban J connectivity index is 2.61. The molecule has 3 nitrogen and oxygen atoms in total. The van der Waals surface area contributed by atoms with Gasteiger partial charge in [-0.3, -0.25) is 0 Å². The molecule has 0 fully saturated rings. The molecule has 0 aliphatic carbocycles. The van der Waals surface area contributed by atoms with Gasteiger partial charge < -0.3 is 10.2 Å². The molecule has 1 N–H and O–H groups in total. The summed E-state index contributed by atoms with van der Waals surface area (Å²) in [4.78, 5) is 5.74. The zero-order valence-electron chi connectivity index (χ0n) is 8.93. The zero-order chi connectivity index (χ0) is 11.3. The highest BCUT2D eigenvalue weighted by Gasteiger charge is 2.08. The molecule has 15 heavy (non-hydrogen) atoms. The van der Waals surface area contributed by atoms with E-state index in [0.29, 0.717) is 10.8 Å². The summed E-state index contributed by atoms with van der Waals surface area (Å²) in [6.07, 6.45) is 2.39. The van der Waals surface area contributed by atoms with E-state index < -0.39 is 0 Å². The Morgan fingerprint density at radius 3 is 2.93 bits per heavy atom. The Hall–Kier alpha value is -0.870. The molecule has 0 bridgehead atoms. The Morgan fingerprint density at radius 1 is 1.60 bits per heavy atom. The number of pyridine rings is 1. The molecule has 0 spiro atoms. The summed E-state index contributed by atoms with van der Waals surface area (Å²) in [5.41, 5.74) is 0. The van der Waals surface area contributed by atoms with E-state index in [0.717, 1.165) is 19.5 Å². The van der Waals surface area contributed by atoms with Crippen molar-refractivity contribution < 1.29 is 4.39 Å². The summed E-state index contributed by atoms with van der Waals surface area (Å²) in [5.74, 6) is -0.0371. The summed E-state index contributed by atoms with van der Waals surface area (Å²) >= 11 is 5.62. The van der Waals surface area contributed by atoms with Crippen LogP contribution in [0.2, 0.25) is 5.02 Å². The maximum absolute atomic E-state index is 13.4. The van der Waals surface area contributed by atoms with Crippen molar-refractivity contribution in [2.45, 2.75) is 6.42 Å². The van der Waals surface area contributed by atoms with Crippen LogP contribution in [-0.2, 0) is 0 Å². The van der Waals surface area contributed by atoms with Crippen LogP contribution in [0.3, 0.4) is 0 Å². The van der Waals surface area contributed by atoms with Crippen molar-refractivity contribution in [1.29, 1.82) is 0 Å². The second kappa shape index (κ2) is 5.88. The standard InChI is InChI=1S/C10H15ClFN3/c1-13-4-3-5-15(2)10-9(12)6-8(11)7-14-10/h6-7,13H,3-5H2,1-2H3. The van der Waals surface area contributed by atoms with Gasteiger partial charge in [-0.05, 0) is 26.1 Å². The molecule has 0 aliphatic rings. The maximum Gasteiger partial charge on any atom is 0.167 e.